The molecule has 1 unspecified atom stereocenters. The topological polar surface area (TPSA) is 37.3 Å². The third-order valence-corrected chi connectivity index (χ3v) is 1.94. The second kappa shape index (κ2) is 4.44. The van der Waals surface area contributed by atoms with Gasteiger partial charge in [-0.05, 0) is 24.5 Å². The Morgan fingerprint density at radius 3 is 2.47 bits per heavy atom. The number of aliphatic hydroxyl groups is 1. The Kier molecular flexibility index (Phi) is 1.86. The van der Waals surface area contributed by atoms with E-state index in [0.717, 1.165) is 0 Å². The standard InChI is InChI=1S/C11H10F4O2/c1-7(16)6-10(17,11(13,14)15)8-2-4-9(12)5-3-8/h2-5,17H,6H2,1H3/i1D3,6D2,17D. The van der Waals surface area contributed by atoms with Crippen LogP contribution in [0.3, 0.4) is 0 Å². The Hall–Kier alpha value is -1.43. The number of hydrogen-bond acceptors (Lipinski definition) is 2. The second-order valence-corrected chi connectivity index (χ2v) is 3.14. The first-order valence-corrected chi connectivity index (χ1v) is 4.24. The number of carbonyl (C=O) groups is 1. The van der Waals surface area contributed by atoms with Crippen LogP contribution in [0.2, 0.25) is 0 Å². The summed E-state index contributed by atoms with van der Waals surface area (Å²) < 4.78 is 95.5. The van der Waals surface area contributed by atoms with Crippen LogP contribution in [-0.2, 0) is 10.4 Å². The van der Waals surface area contributed by atoms with Gasteiger partial charge in [-0.25, -0.2) is 4.39 Å². The Bertz CT molecular complexity index is 584. The van der Waals surface area contributed by atoms with Crippen LogP contribution >= 0.6 is 0 Å². The van der Waals surface area contributed by atoms with E-state index in [1.54, 1.807) is 0 Å². The summed E-state index contributed by atoms with van der Waals surface area (Å²) in [5.41, 5.74) is -5.36. The molecule has 0 saturated carbocycles. The van der Waals surface area contributed by atoms with Crippen molar-refractivity contribution in [1.29, 1.82) is 1.43 Å². The van der Waals surface area contributed by atoms with Crippen LogP contribution in [-0.4, -0.2) is 18.5 Å². The van der Waals surface area contributed by atoms with Crippen molar-refractivity contribution in [1.82, 2.24) is 0 Å². The van der Waals surface area contributed by atoms with E-state index >= 15 is 0 Å². The van der Waals surface area contributed by atoms with Crippen LogP contribution in [0.15, 0.2) is 24.3 Å². The summed E-state index contributed by atoms with van der Waals surface area (Å²) >= 11 is 0. The quantitative estimate of drug-likeness (QED) is 0.840. The van der Waals surface area contributed by atoms with Crippen molar-refractivity contribution in [2.24, 2.45) is 0 Å². The lowest BCUT2D eigenvalue weighted by Crippen LogP contribution is -2.43. The zero-order valence-electron chi connectivity index (χ0n) is 14.1. The molecule has 0 amide bonds. The number of alkyl halides is 3. The lowest BCUT2D eigenvalue weighted by Gasteiger charge is -2.30. The van der Waals surface area contributed by atoms with Gasteiger partial charge < -0.3 is 5.11 Å². The number of halogens is 4. The third kappa shape index (κ3) is 2.82. The zero-order valence-corrected chi connectivity index (χ0v) is 8.14. The average molecular weight is 256 g/mol. The maximum Gasteiger partial charge on any atom is 0.421 e. The molecule has 0 spiro atoms. The van der Waals surface area contributed by atoms with Crippen molar-refractivity contribution >= 4 is 5.78 Å². The summed E-state index contributed by atoms with van der Waals surface area (Å²) in [6, 6.07) is 1.99. The van der Waals surface area contributed by atoms with E-state index in [9.17, 15) is 22.4 Å². The van der Waals surface area contributed by atoms with Crippen molar-refractivity contribution < 1.29 is 34.3 Å². The lowest BCUT2D eigenvalue weighted by molar-refractivity contribution is -0.267. The molecule has 0 aromatic heterocycles. The van der Waals surface area contributed by atoms with E-state index in [2.05, 4.69) is 5.11 Å². The van der Waals surface area contributed by atoms with Gasteiger partial charge in [0.1, 0.15) is 11.6 Å². The van der Waals surface area contributed by atoms with Crippen LogP contribution in [0.25, 0.3) is 0 Å². The van der Waals surface area contributed by atoms with Crippen LogP contribution in [0, 0.1) is 5.82 Å². The number of Topliss-reactive ketones (excluding diaryl/α,β-unsaturated/α-hetero) is 1. The fourth-order valence-corrected chi connectivity index (χ4v) is 1.15. The molecule has 0 bridgehead atoms. The van der Waals surface area contributed by atoms with Gasteiger partial charge in [0.2, 0.25) is 1.43 Å². The van der Waals surface area contributed by atoms with Crippen LogP contribution < -0.4 is 0 Å². The van der Waals surface area contributed by atoms with E-state index in [1.165, 1.54) is 0 Å². The van der Waals surface area contributed by atoms with Gasteiger partial charge in [-0.1, -0.05) is 12.1 Å². The SMILES string of the molecule is [2H]OC(c1ccc(F)cc1)(C(F)(F)F)C([2H])([2H])C(=O)C([2H])([2H])[2H]. The number of hydrogen-bond donors (Lipinski definition) is 1. The highest BCUT2D eigenvalue weighted by Gasteiger charge is 2.55. The van der Waals surface area contributed by atoms with Gasteiger partial charge >= 0.3 is 6.18 Å². The van der Waals surface area contributed by atoms with E-state index in [-0.39, 0.29) is 0 Å². The first-order valence-electron chi connectivity index (χ1n) is 7.14. The van der Waals surface area contributed by atoms with Crippen LogP contribution in [0.4, 0.5) is 17.6 Å². The summed E-state index contributed by atoms with van der Waals surface area (Å²) in [5.74, 6) is -3.35. The summed E-state index contributed by atoms with van der Waals surface area (Å²) in [6.45, 7) is -3.71. The summed E-state index contributed by atoms with van der Waals surface area (Å²) in [7, 11) is 0. The molecule has 0 aliphatic carbocycles. The minimum absolute atomic E-state index is 0.460. The molecule has 0 aliphatic heterocycles. The monoisotopic (exact) mass is 256 g/mol. The molecule has 0 saturated heterocycles. The Morgan fingerprint density at radius 1 is 1.47 bits per heavy atom. The van der Waals surface area contributed by atoms with Crippen LogP contribution in [0.5, 0.6) is 0 Å². The molecule has 0 aliphatic rings. The van der Waals surface area contributed by atoms with Crippen molar-refractivity contribution in [3.8, 4) is 0 Å². The molecule has 2 nitrogen and oxygen atoms in total. The van der Waals surface area contributed by atoms with Gasteiger partial charge in [-0.15, -0.1) is 0 Å². The molecule has 1 aromatic carbocycles. The largest absolute Gasteiger partial charge is 0.421 e. The Labute approximate surface area is 103 Å². The minimum Gasteiger partial charge on any atom is -0.376 e. The highest BCUT2D eigenvalue weighted by molar-refractivity contribution is 5.77. The van der Waals surface area contributed by atoms with E-state index in [1.807, 2.05) is 0 Å². The van der Waals surface area contributed by atoms with Crippen LogP contribution in [0.1, 0.15) is 25.6 Å². The Morgan fingerprint density at radius 2 is 2.06 bits per heavy atom. The smallest absolute Gasteiger partial charge is 0.376 e. The molecule has 17 heavy (non-hydrogen) atoms. The fourth-order valence-electron chi connectivity index (χ4n) is 1.15. The second-order valence-electron chi connectivity index (χ2n) is 3.14. The molecule has 1 rings (SSSR count). The predicted molar refractivity (Wildman–Crippen MR) is 51.6 cm³/mol. The molecular formula is C11H10F4O2. The molecule has 0 fully saturated rings. The highest BCUT2D eigenvalue weighted by Crippen LogP contribution is 2.41. The number of rotatable bonds is 4. The van der Waals surface area contributed by atoms with Gasteiger partial charge in [0.05, 0.1) is 0 Å². The van der Waals surface area contributed by atoms with E-state index < -0.39 is 42.2 Å². The molecule has 0 heterocycles. The molecule has 94 valence electrons. The number of benzene rings is 1. The van der Waals surface area contributed by atoms with Crippen molar-refractivity contribution in [2.75, 3.05) is 0 Å². The first-order chi connectivity index (χ1) is 10.2. The lowest BCUT2D eigenvalue weighted by atomic mass is 9.88. The summed E-state index contributed by atoms with van der Waals surface area (Å²) in [6.07, 6.45) is -9.85. The van der Waals surface area contributed by atoms with Gasteiger partial charge in [-0.3, -0.25) is 4.79 Å². The van der Waals surface area contributed by atoms with Gasteiger partial charge in [-0.2, -0.15) is 13.2 Å². The highest BCUT2D eigenvalue weighted by atomic mass is 19.4. The summed E-state index contributed by atoms with van der Waals surface area (Å²) in [4.78, 5) is 11.7. The van der Waals surface area contributed by atoms with Crippen molar-refractivity contribution in [3.63, 3.8) is 0 Å². The van der Waals surface area contributed by atoms with Gasteiger partial charge in [0, 0.05) is 13.2 Å². The maximum absolute atomic E-state index is 13.5. The maximum atomic E-state index is 13.5. The number of carbonyl (C=O) groups excluding carboxylic acids is 1. The molecule has 1 aromatic rings. The summed E-state index contributed by atoms with van der Waals surface area (Å²) in [5, 5.41) is 3.57. The van der Waals surface area contributed by atoms with Crippen molar-refractivity contribution in [2.45, 2.75) is 25.0 Å². The first kappa shape index (κ1) is 7.10. The molecule has 1 atom stereocenters. The van der Waals surface area contributed by atoms with Gasteiger partial charge in [0.25, 0.3) is 0 Å². The average Bonchev–Trinajstić information content (AvgIpc) is 2.38. The molecule has 6 heteroatoms. The third-order valence-electron chi connectivity index (χ3n) is 1.94. The predicted octanol–water partition coefficient (Wildman–Crippen LogP) is 2.55. The van der Waals surface area contributed by atoms with E-state index in [0.29, 0.717) is 24.3 Å². The van der Waals surface area contributed by atoms with Crippen molar-refractivity contribution in [3.05, 3.63) is 35.6 Å². The molecular weight excluding hydrogens is 240 g/mol. The molecule has 1 N–H and O–H groups in total. The minimum atomic E-state index is -5.68. The fraction of sp³-hybridized carbons (Fsp3) is 0.364. The zero-order chi connectivity index (χ0) is 18.3. The number of ketones is 1. The van der Waals surface area contributed by atoms with E-state index in [4.69, 9.17) is 8.28 Å². The Balaban J connectivity index is 3.72. The molecule has 0 radical (unpaired) electrons. The van der Waals surface area contributed by atoms with Gasteiger partial charge in [0.15, 0.2) is 5.60 Å². The normalized spacial score (nSPS) is 22.1.